The number of aliphatic hydroxyl groups is 5. The summed E-state index contributed by atoms with van der Waals surface area (Å²) in [5.41, 5.74) is 0. The Kier molecular flexibility index (Phi) is 51.8. The SMILES string of the molecule is CC/C=C\C/C=C\C/C=C\C/C=C\C/C=C\CCC(O)C(=O)NC(COC1OC(CO)C(O)C(O)C1OC(=O)CCCCCCCCCCCCCCC/C=C/CCCCCCCC)C(O)/C=C/CCCCCCCCCCC. The Hall–Kier alpha value is -3.16. The Morgan fingerprint density at radius 2 is 0.911 bits per heavy atom. The Morgan fingerprint density at radius 1 is 0.506 bits per heavy atom. The van der Waals surface area contributed by atoms with Gasteiger partial charge in [-0.2, -0.15) is 0 Å². The second-order valence-electron chi connectivity index (χ2n) is 22.1. The van der Waals surface area contributed by atoms with E-state index in [2.05, 4.69) is 86.8 Å². The van der Waals surface area contributed by atoms with Crippen molar-refractivity contribution in [2.75, 3.05) is 13.2 Å². The molecule has 8 unspecified atom stereocenters. The van der Waals surface area contributed by atoms with E-state index in [0.29, 0.717) is 12.8 Å². The number of amides is 1. The molecule has 1 fully saturated rings. The van der Waals surface area contributed by atoms with Crippen molar-refractivity contribution in [1.29, 1.82) is 0 Å². The van der Waals surface area contributed by atoms with Crippen LogP contribution in [-0.4, -0.2) is 99.6 Å². The molecule has 1 aliphatic heterocycles. The molecule has 456 valence electrons. The molecule has 1 heterocycles. The van der Waals surface area contributed by atoms with Gasteiger partial charge in [0.1, 0.15) is 24.4 Å². The summed E-state index contributed by atoms with van der Waals surface area (Å²) in [6.45, 7) is 5.64. The van der Waals surface area contributed by atoms with E-state index in [1.165, 1.54) is 148 Å². The molecule has 0 spiro atoms. The van der Waals surface area contributed by atoms with Gasteiger partial charge in [0.15, 0.2) is 12.4 Å². The standard InChI is InChI=1S/C68H119NO10/c1-4-7-10-13-16-19-22-24-26-28-29-30-31-32-33-34-36-38-41-44-47-50-53-56-63(73)79-66-65(75)64(74)62(57-70)78-68(66)77-58-59(60(71)54-51-48-45-42-39-21-18-15-12-9-6-3)69-67(76)61(72)55-52-49-46-43-40-37-35-27-25-23-20-17-14-11-8-5-2/h8,11,17,20,24-27,37,40,46,49,51,54,59-62,64-66,68,70-72,74-75H,4-7,9-10,12-16,18-19,21-23,28-36,38-39,41-45,47-48,50,52-53,55-58H2,1-3H3,(H,69,76)/b11-8-,20-17-,26-24+,27-25-,40-37-,49-46-,54-51+. The van der Waals surface area contributed by atoms with E-state index in [1.54, 1.807) is 6.08 Å². The minimum atomic E-state index is -1.63. The lowest BCUT2D eigenvalue weighted by Crippen LogP contribution is -2.61. The van der Waals surface area contributed by atoms with Crippen molar-refractivity contribution >= 4 is 11.9 Å². The minimum absolute atomic E-state index is 0.115. The van der Waals surface area contributed by atoms with Crippen molar-refractivity contribution in [3.05, 3.63) is 85.1 Å². The van der Waals surface area contributed by atoms with Gasteiger partial charge in [0.25, 0.3) is 0 Å². The molecule has 0 radical (unpaired) electrons. The second-order valence-corrected chi connectivity index (χ2v) is 22.1. The summed E-state index contributed by atoms with van der Waals surface area (Å²) in [7, 11) is 0. The highest BCUT2D eigenvalue weighted by Gasteiger charge is 2.47. The number of carbonyl (C=O) groups is 2. The zero-order valence-corrected chi connectivity index (χ0v) is 50.5. The third kappa shape index (κ3) is 43.2. The van der Waals surface area contributed by atoms with Crippen LogP contribution in [0.3, 0.4) is 0 Å². The minimum Gasteiger partial charge on any atom is -0.454 e. The molecule has 1 saturated heterocycles. The highest BCUT2D eigenvalue weighted by atomic mass is 16.7. The van der Waals surface area contributed by atoms with Crippen LogP contribution in [-0.2, 0) is 23.8 Å². The average Bonchev–Trinajstić information content (AvgIpc) is 3.45. The monoisotopic (exact) mass is 1110 g/mol. The largest absolute Gasteiger partial charge is 0.454 e. The van der Waals surface area contributed by atoms with E-state index in [4.69, 9.17) is 14.2 Å². The number of unbranched alkanes of at least 4 members (excludes halogenated alkanes) is 28. The molecule has 1 rings (SSSR count). The average molecular weight is 1110 g/mol. The zero-order chi connectivity index (χ0) is 57.5. The van der Waals surface area contributed by atoms with E-state index in [1.807, 2.05) is 18.2 Å². The van der Waals surface area contributed by atoms with Crippen LogP contribution in [0.2, 0.25) is 0 Å². The van der Waals surface area contributed by atoms with E-state index in [0.717, 1.165) is 77.0 Å². The van der Waals surface area contributed by atoms with Crippen LogP contribution in [0, 0.1) is 0 Å². The van der Waals surface area contributed by atoms with Gasteiger partial charge in [-0.1, -0.05) is 260 Å². The van der Waals surface area contributed by atoms with Crippen molar-refractivity contribution in [3.63, 3.8) is 0 Å². The molecule has 1 amide bonds. The molecular formula is C68H119NO10. The number of hydrogen-bond donors (Lipinski definition) is 6. The lowest BCUT2D eigenvalue weighted by atomic mass is 9.99. The van der Waals surface area contributed by atoms with Gasteiger partial charge in [0, 0.05) is 6.42 Å². The Morgan fingerprint density at radius 3 is 1.37 bits per heavy atom. The Balaban J connectivity index is 2.63. The summed E-state index contributed by atoms with van der Waals surface area (Å²) in [5, 5.41) is 56.9. The Labute approximate surface area is 483 Å². The number of esters is 1. The molecular weight excluding hydrogens is 991 g/mol. The number of rotatable bonds is 54. The first-order valence-corrected chi connectivity index (χ1v) is 32.4. The van der Waals surface area contributed by atoms with Crippen LogP contribution in [0.25, 0.3) is 0 Å². The van der Waals surface area contributed by atoms with Gasteiger partial charge < -0.3 is 45.1 Å². The highest BCUT2D eigenvalue weighted by Crippen LogP contribution is 2.26. The van der Waals surface area contributed by atoms with Crippen LogP contribution >= 0.6 is 0 Å². The number of hydrogen-bond acceptors (Lipinski definition) is 10. The van der Waals surface area contributed by atoms with Gasteiger partial charge in [0.2, 0.25) is 5.91 Å². The smallest absolute Gasteiger partial charge is 0.306 e. The molecule has 0 saturated carbocycles. The molecule has 79 heavy (non-hydrogen) atoms. The molecule has 11 heteroatoms. The summed E-state index contributed by atoms with van der Waals surface area (Å²) in [4.78, 5) is 26.5. The lowest BCUT2D eigenvalue weighted by Gasteiger charge is -2.41. The zero-order valence-electron chi connectivity index (χ0n) is 50.5. The maximum atomic E-state index is 13.4. The normalized spacial score (nSPS) is 19.4. The first kappa shape index (κ1) is 73.9. The maximum absolute atomic E-state index is 13.4. The molecule has 0 aromatic heterocycles. The Bertz CT molecular complexity index is 1610. The third-order valence-electron chi connectivity index (χ3n) is 14.8. The van der Waals surface area contributed by atoms with E-state index in [-0.39, 0.29) is 19.4 Å². The topological polar surface area (TPSA) is 175 Å². The summed E-state index contributed by atoms with van der Waals surface area (Å²) >= 11 is 0. The lowest BCUT2D eigenvalue weighted by molar-refractivity contribution is -0.305. The number of nitrogens with one attached hydrogen (secondary N) is 1. The van der Waals surface area contributed by atoms with Gasteiger partial charge in [-0.25, -0.2) is 0 Å². The first-order chi connectivity index (χ1) is 38.7. The van der Waals surface area contributed by atoms with Gasteiger partial charge in [-0.15, -0.1) is 0 Å². The number of ether oxygens (including phenoxy) is 3. The fraction of sp³-hybridized carbons (Fsp3) is 0.765. The van der Waals surface area contributed by atoms with Gasteiger partial charge in [0.05, 0.1) is 25.4 Å². The molecule has 8 atom stereocenters. The molecule has 0 aromatic carbocycles. The van der Waals surface area contributed by atoms with Crippen LogP contribution in [0.5, 0.6) is 0 Å². The summed E-state index contributed by atoms with van der Waals surface area (Å²) in [5.74, 6) is -1.26. The summed E-state index contributed by atoms with van der Waals surface area (Å²) in [6, 6.07) is -1.06. The maximum Gasteiger partial charge on any atom is 0.306 e. The fourth-order valence-electron chi connectivity index (χ4n) is 9.68. The third-order valence-corrected chi connectivity index (χ3v) is 14.8. The summed E-state index contributed by atoms with van der Waals surface area (Å²) in [6.07, 6.45) is 62.1. The van der Waals surface area contributed by atoms with Crippen LogP contribution in [0.1, 0.15) is 271 Å². The van der Waals surface area contributed by atoms with E-state index < -0.39 is 67.4 Å². The number of allylic oxidation sites excluding steroid dienone is 13. The fourth-order valence-corrected chi connectivity index (χ4v) is 9.68. The van der Waals surface area contributed by atoms with Crippen molar-refractivity contribution in [1.82, 2.24) is 5.32 Å². The number of aliphatic hydroxyl groups excluding tert-OH is 5. The van der Waals surface area contributed by atoms with Crippen molar-refractivity contribution in [2.45, 2.75) is 320 Å². The molecule has 0 aromatic rings. The predicted molar refractivity (Wildman–Crippen MR) is 329 cm³/mol. The predicted octanol–water partition coefficient (Wildman–Crippen LogP) is 15.7. The quantitative estimate of drug-likeness (QED) is 0.0195. The molecule has 11 nitrogen and oxygen atoms in total. The van der Waals surface area contributed by atoms with Crippen LogP contribution in [0.15, 0.2) is 85.1 Å². The molecule has 0 bridgehead atoms. The molecule has 6 N–H and O–H groups in total. The second kappa shape index (κ2) is 55.4. The van der Waals surface area contributed by atoms with Crippen molar-refractivity contribution < 1.29 is 49.3 Å². The van der Waals surface area contributed by atoms with Gasteiger partial charge in [-0.05, 0) is 89.9 Å². The van der Waals surface area contributed by atoms with Crippen LogP contribution < -0.4 is 5.32 Å². The van der Waals surface area contributed by atoms with Gasteiger partial charge >= 0.3 is 5.97 Å². The van der Waals surface area contributed by atoms with Crippen molar-refractivity contribution in [2.24, 2.45) is 0 Å². The first-order valence-electron chi connectivity index (χ1n) is 32.4. The van der Waals surface area contributed by atoms with Crippen LogP contribution in [0.4, 0.5) is 0 Å². The highest BCUT2D eigenvalue weighted by molar-refractivity contribution is 5.80. The molecule has 1 aliphatic rings. The van der Waals surface area contributed by atoms with E-state index in [9.17, 15) is 35.1 Å². The van der Waals surface area contributed by atoms with Crippen molar-refractivity contribution in [3.8, 4) is 0 Å². The molecule has 0 aliphatic carbocycles. The van der Waals surface area contributed by atoms with Gasteiger partial charge in [-0.3, -0.25) is 9.59 Å². The number of carbonyl (C=O) groups excluding carboxylic acids is 2. The summed E-state index contributed by atoms with van der Waals surface area (Å²) < 4.78 is 17.6. The van der Waals surface area contributed by atoms with E-state index >= 15 is 0 Å².